The molecule has 2 heterocycles. The third-order valence-electron chi connectivity index (χ3n) is 3.57. The Morgan fingerprint density at radius 3 is 2.68 bits per heavy atom. The number of pyridine rings is 1. The summed E-state index contributed by atoms with van der Waals surface area (Å²) in [7, 11) is 0. The summed E-state index contributed by atoms with van der Waals surface area (Å²) in [6.45, 7) is 6.81. The van der Waals surface area contributed by atoms with Crippen molar-refractivity contribution in [2.45, 2.75) is 52.5 Å². The van der Waals surface area contributed by atoms with Gasteiger partial charge in [-0.05, 0) is 36.3 Å². The molecule has 0 aliphatic heterocycles. The zero-order chi connectivity index (χ0) is 16.1. The third kappa shape index (κ3) is 4.32. The maximum Gasteiger partial charge on any atom is 0.280 e. The fraction of sp³-hybridized carbons (Fsp3) is 0.562. The van der Waals surface area contributed by atoms with Crippen molar-refractivity contribution in [3.05, 3.63) is 41.5 Å². The van der Waals surface area contributed by atoms with Crippen LogP contribution in [0.5, 0.6) is 0 Å². The van der Waals surface area contributed by atoms with Crippen LogP contribution < -0.4 is 0 Å². The van der Waals surface area contributed by atoms with E-state index in [0.29, 0.717) is 24.4 Å². The van der Waals surface area contributed by atoms with E-state index < -0.39 is 6.43 Å². The molecule has 0 amide bonds. The predicted octanol–water partition coefficient (Wildman–Crippen LogP) is 4.00. The van der Waals surface area contributed by atoms with Crippen molar-refractivity contribution < 1.29 is 8.78 Å². The van der Waals surface area contributed by atoms with Crippen LogP contribution in [0.1, 0.15) is 56.5 Å². The third-order valence-corrected chi connectivity index (χ3v) is 3.57. The van der Waals surface area contributed by atoms with Gasteiger partial charge < -0.3 is 0 Å². The summed E-state index contributed by atoms with van der Waals surface area (Å²) in [6.07, 6.45) is 2.23. The average Bonchev–Trinajstić information content (AvgIpc) is 2.91. The Kier molecular flexibility index (Phi) is 5.57. The first kappa shape index (κ1) is 16.5. The molecule has 4 nitrogen and oxygen atoms in total. The fourth-order valence-electron chi connectivity index (χ4n) is 2.45. The van der Waals surface area contributed by atoms with Crippen LogP contribution in [0.2, 0.25) is 0 Å². The van der Waals surface area contributed by atoms with Gasteiger partial charge >= 0.3 is 0 Å². The van der Waals surface area contributed by atoms with E-state index in [4.69, 9.17) is 0 Å². The minimum atomic E-state index is -2.54. The molecule has 120 valence electrons. The first-order chi connectivity index (χ1) is 10.5. The molecule has 1 unspecified atom stereocenters. The van der Waals surface area contributed by atoms with E-state index in [1.54, 1.807) is 23.1 Å². The van der Waals surface area contributed by atoms with Crippen LogP contribution in [0.4, 0.5) is 8.78 Å². The number of halogens is 2. The lowest BCUT2D eigenvalue weighted by molar-refractivity contribution is 0.144. The highest BCUT2D eigenvalue weighted by atomic mass is 19.3. The van der Waals surface area contributed by atoms with Crippen LogP contribution in [-0.4, -0.2) is 20.0 Å². The Bertz CT molecular complexity index is 595. The molecule has 2 aromatic heterocycles. The van der Waals surface area contributed by atoms with Crippen LogP contribution in [0, 0.1) is 5.92 Å². The van der Waals surface area contributed by atoms with Gasteiger partial charge in [0.2, 0.25) is 0 Å². The molecule has 0 bridgehead atoms. The summed E-state index contributed by atoms with van der Waals surface area (Å²) < 4.78 is 26.0. The summed E-state index contributed by atoms with van der Waals surface area (Å²) in [4.78, 5) is 5.45. The molecule has 22 heavy (non-hydrogen) atoms. The van der Waals surface area contributed by atoms with Crippen LogP contribution in [0.25, 0.3) is 0 Å². The number of hydrogen-bond acceptors (Lipinski definition) is 3. The summed E-state index contributed by atoms with van der Waals surface area (Å²) >= 11 is 0. The second-order valence-electron chi connectivity index (χ2n) is 6.00. The molecular formula is C16H22F2N4. The minimum absolute atomic E-state index is 0.0164. The van der Waals surface area contributed by atoms with E-state index in [0.717, 1.165) is 12.1 Å². The SMILES string of the molecule is CC(C)Cc1cnn(CCC(C)c2cccnc2C(F)F)n1. The standard InChI is InChI=1S/C16H22F2N4/c1-11(2)9-13-10-20-22(21-13)8-6-12(3)14-5-4-7-19-15(14)16(17)18/h4-5,7,10-12,16H,6,8-9H2,1-3H3. The van der Waals surface area contributed by atoms with Crippen LogP contribution >= 0.6 is 0 Å². The van der Waals surface area contributed by atoms with E-state index in [2.05, 4.69) is 29.0 Å². The summed E-state index contributed by atoms with van der Waals surface area (Å²) in [5.74, 6) is 0.519. The van der Waals surface area contributed by atoms with Gasteiger partial charge in [0.25, 0.3) is 6.43 Å². The lowest BCUT2D eigenvalue weighted by Gasteiger charge is -2.14. The molecule has 0 fully saturated rings. The maximum absolute atomic E-state index is 13.0. The molecule has 1 atom stereocenters. The van der Waals surface area contributed by atoms with Crippen LogP contribution in [0.3, 0.4) is 0 Å². The Morgan fingerprint density at radius 1 is 1.23 bits per heavy atom. The van der Waals surface area contributed by atoms with Crippen molar-refractivity contribution in [2.75, 3.05) is 0 Å². The Hall–Kier alpha value is -1.85. The summed E-state index contributed by atoms with van der Waals surface area (Å²) in [5, 5.41) is 8.65. The highest BCUT2D eigenvalue weighted by Crippen LogP contribution is 2.28. The van der Waals surface area contributed by atoms with Gasteiger partial charge in [-0.3, -0.25) is 4.98 Å². The molecule has 2 aromatic rings. The van der Waals surface area contributed by atoms with Crippen molar-refractivity contribution in [3.63, 3.8) is 0 Å². The molecule has 0 aromatic carbocycles. The fourth-order valence-corrected chi connectivity index (χ4v) is 2.45. The molecule has 6 heteroatoms. The van der Waals surface area contributed by atoms with Gasteiger partial charge in [-0.2, -0.15) is 15.0 Å². The number of aryl methyl sites for hydroxylation is 1. The first-order valence-electron chi connectivity index (χ1n) is 7.59. The zero-order valence-corrected chi connectivity index (χ0v) is 13.2. The van der Waals surface area contributed by atoms with Gasteiger partial charge in [0.15, 0.2) is 0 Å². The minimum Gasteiger partial charge on any atom is -0.255 e. The van der Waals surface area contributed by atoms with Crippen LogP contribution in [0.15, 0.2) is 24.5 Å². The number of aromatic nitrogens is 4. The van der Waals surface area contributed by atoms with E-state index in [9.17, 15) is 8.78 Å². The van der Waals surface area contributed by atoms with E-state index in [1.807, 2.05) is 6.92 Å². The quantitative estimate of drug-likeness (QED) is 0.776. The van der Waals surface area contributed by atoms with Gasteiger partial charge in [0.05, 0.1) is 18.4 Å². The van der Waals surface area contributed by atoms with Crippen LogP contribution in [-0.2, 0) is 13.0 Å². The average molecular weight is 308 g/mol. The Labute approximate surface area is 129 Å². The zero-order valence-electron chi connectivity index (χ0n) is 13.2. The van der Waals surface area contributed by atoms with Crippen molar-refractivity contribution >= 4 is 0 Å². The molecule has 2 rings (SSSR count). The largest absolute Gasteiger partial charge is 0.280 e. The lowest BCUT2D eigenvalue weighted by atomic mass is 9.96. The summed E-state index contributed by atoms with van der Waals surface area (Å²) in [6, 6.07) is 3.42. The molecule has 0 saturated carbocycles. The smallest absolute Gasteiger partial charge is 0.255 e. The number of alkyl halides is 2. The normalized spacial score (nSPS) is 13.0. The molecule has 0 aliphatic carbocycles. The van der Waals surface area contributed by atoms with Gasteiger partial charge in [0.1, 0.15) is 5.69 Å². The Balaban J connectivity index is 1.98. The number of nitrogens with zero attached hydrogens (tertiary/aromatic N) is 4. The van der Waals surface area contributed by atoms with Crippen molar-refractivity contribution in [2.24, 2.45) is 5.92 Å². The van der Waals surface area contributed by atoms with Gasteiger partial charge in [0, 0.05) is 6.20 Å². The highest BCUT2D eigenvalue weighted by molar-refractivity contribution is 5.24. The van der Waals surface area contributed by atoms with Crippen molar-refractivity contribution in [3.8, 4) is 0 Å². The Morgan fingerprint density at radius 2 is 2.00 bits per heavy atom. The van der Waals surface area contributed by atoms with E-state index in [1.165, 1.54) is 6.20 Å². The highest BCUT2D eigenvalue weighted by Gasteiger charge is 2.18. The molecule has 0 N–H and O–H groups in total. The van der Waals surface area contributed by atoms with Gasteiger partial charge in [-0.25, -0.2) is 8.78 Å². The molecule has 0 spiro atoms. The number of hydrogen-bond donors (Lipinski definition) is 0. The maximum atomic E-state index is 13.0. The topological polar surface area (TPSA) is 43.6 Å². The second kappa shape index (κ2) is 7.42. The van der Waals surface area contributed by atoms with Crippen molar-refractivity contribution in [1.82, 2.24) is 20.0 Å². The van der Waals surface area contributed by atoms with E-state index >= 15 is 0 Å². The molecule has 0 saturated heterocycles. The molecule has 0 radical (unpaired) electrons. The second-order valence-corrected chi connectivity index (χ2v) is 6.00. The predicted molar refractivity (Wildman–Crippen MR) is 80.8 cm³/mol. The van der Waals surface area contributed by atoms with E-state index in [-0.39, 0.29) is 11.6 Å². The summed E-state index contributed by atoms with van der Waals surface area (Å²) in [5.41, 5.74) is 1.45. The first-order valence-corrected chi connectivity index (χ1v) is 7.59. The lowest BCUT2D eigenvalue weighted by Crippen LogP contribution is -2.09. The van der Waals surface area contributed by atoms with Crippen molar-refractivity contribution in [1.29, 1.82) is 0 Å². The molecule has 0 aliphatic rings. The van der Waals surface area contributed by atoms with Gasteiger partial charge in [-0.1, -0.05) is 26.8 Å². The number of rotatable bonds is 7. The monoisotopic (exact) mass is 308 g/mol. The van der Waals surface area contributed by atoms with Gasteiger partial charge in [-0.15, -0.1) is 0 Å². The molecular weight excluding hydrogens is 286 g/mol.